The molecule has 1 saturated carbocycles. The third-order valence-electron chi connectivity index (χ3n) is 6.40. The second-order valence-corrected chi connectivity index (χ2v) is 8.78. The molecular weight excluding hydrogens is 440 g/mol. The van der Waals surface area contributed by atoms with Crippen molar-refractivity contribution in [3.8, 4) is 11.1 Å². The molecular formula is C25H25F2N5O2. The highest BCUT2D eigenvalue weighted by Crippen LogP contribution is 2.26. The van der Waals surface area contributed by atoms with Crippen molar-refractivity contribution in [1.82, 2.24) is 24.9 Å². The average Bonchev–Trinajstić information content (AvgIpc) is 3.41. The van der Waals surface area contributed by atoms with Gasteiger partial charge in [0.25, 0.3) is 5.91 Å². The summed E-state index contributed by atoms with van der Waals surface area (Å²) >= 11 is 0. The molecule has 1 fully saturated rings. The van der Waals surface area contributed by atoms with E-state index in [9.17, 15) is 18.7 Å². The Labute approximate surface area is 195 Å². The van der Waals surface area contributed by atoms with Gasteiger partial charge in [-0.1, -0.05) is 31.0 Å². The molecule has 176 valence electrons. The summed E-state index contributed by atoms with van der Waals surface area (Å²) in [6, 6.07) is 8.93. The lowest BCUT2D eigenvalue weighted by Crippen LogP contribution is -2.45. The van der Waals surface area contributed by atoms with Crippen molar-refractivity contribution in [3.05, 3.63) is 71.7 Å². The summed E-state index contributed by atoms with van der Waals surface area (Å²) in [6.45, 7) is 0.0262. The molecule has 9 heteroatoms. The Kier molecular flexibility index (Phi) is 5.87. The zero-order valence-electron chi connectivity index (χ0n) is 18.7. The van der Waals surface area contributed by atoms with Gasteiger partial charge in [-0.2, -0.15) is 10.2 Å². The minimum Gasteiger partial charge on any atom is -0.391 e. The second-order valence-electron chi connectivity index (χ2n) is 8.78. The minimum absolute atomic E-state index is 0.0262. The van der Waals surface area contributed by atoms with E-state index in [-0.39, 0.29) is 17.6 Å². The molecule has 1 aliphatic carbocycles. The second kappa shape index (κ2) is 8.98. The zero-order valence-corrected chi connectivity index (χ0v) is 18.7. The van der Waals surface area contributed by atoms with E-state index < -0.39 is 29.7 Å². The average molecular weight is 466 g/mol. The van der Waals surface area contributed by atoms with Crippen molar-refractivity contribution >= 4 is 16.8 Å². The van der Waals surface area contributed by atoms with Gasteiger partial charge in [0, 0.05) is 24.4 Å². The van der Waals surface area contributed by atoms with Crippen molar-refractivity contribution in [3.63, 3.8) is 0 Å². The van der Waals surface area contributed by atoms with Crippen LogP contribution in [0.15, 0.2) is 48.8 Å². The van der Waals surface area contributed by atoms with Crippen LogP contribution >= 0.6 is 0 Å². The van der Waals surface area contributed by atoms with Gasteiger partial charge in [0.2, 0.25) is 0 Å². The Morgan fingerprint density at radius 3 is 2.71 bits per heavy atom. The van der Waals surface area contributed by atoms with E-state index >= 15 is 0 Å². The van der Waals surface area contributed by atoms with Gasteiger partial charge < -0.3 is 10.4 Å². The molecule has 4 aromatic rings. The van der Waals surface area contributed by atoms with Gasteiger partial charge in [-0.05, 0) is 36.6 Å². The van der Waals surface area contributed by atoms with Crippen molar-refractivity contribution in [1.29, 1.82) is 0 Å². The fraction of sp³-hybridized carbons (Fsp3) is 0.320. The molecule has 0 aliphatic heterocycles. The summed E-state index contributed by atoms with van der Waals surface area (Å²) in [4.78, 5) is 13.0. The monoisotopic (exact) mass is 465 g/mol. The highest BCUT2D eigenvalue weighted by atomic mass is 19.1. The topological polar surface area (TPSA) is 85.0 Å². The number of halogens is 2. The van der Waals surface area contributed by atoms with Crippen LogP contribution in [0.4, 0.5) is 8.78 Å². The maximum absolute atomic E-state index is 15.0. The highest BCUT2D eigenvalue weighted by molar-refractivity contribution is 6.05. The Morgan fingerprint density at radius 1 is 1.15 bits per heavy atom. The third-order valence-corrected chi connectivity index (χ3v) is 6.40. The number of fused-ring (bicyclic) bond motifs is 1. The molecule has 0 spiro atoms. The molecule has 2 heterocycles. The zero-order chi connectivity index (χ0) is 23.8. The SMILES string of the molecule is Cn1cc(-c2ccc(Cn3nc(C(=O)NC4CCCCC4O)c4c(F)cccc43)c(F)c2)cn1. The van der Waals surface area contributed by atoms with Crippen LogP contribution in [0.5, 0.6) is 0 Å². The van der Waals surface area contributed by atoms with E-state index in [1.54, 1.807) is 42.3 Å². The van der Waals surface area contributed by atoms with Crippen LogP contribution in [-0.2, 0) is 13.6 Å². The molecule has 2 aromatic carbocycles. The van der Waals surface area contributed by atoms with Gasteiger partial charge >= 0.3 is 0 Å². The van der Waals surface area contributed by atoms with Crippen LogP contribution in [0, 0.1) is 11.6 Å². The number of nitrogens with one attached hydrogen (secondary N) is 1. The number of aromatic nitrogens is 4. The number of rotatable bonds is 5. The lowest BCUT2D eigenvalue weighted by atomic mass is 9.92. The number of hydrogen-bond acceptors (Lipinski definition) is 4. The summed E-state index contributed by atoms with van der Waals surface area (Å²) in [5.41, 5.74) is 2.17. The first-order valence-electron chi connectivity index (χ1n) is 11.3. The van der Waals surface area contributed by atoms with Gasteiger partial charge in [-0.15, -0.1) is 0 Å². The van der Waals surface area contributed by atoms with Crippen molar-refractivity contribution in [2.45, 2.75) is 44.4 Å². The number of amides is 1. The lowest BCUT2D eigenvalue weighted by molar-refractivity contribution is 0.0714. The Balaban J connectivity index is 1.46. The number of carbonyl (C=O) groups is 1. The predicted octanol–water partition coefficient (Wildman–Crippen LogP) is 3.80. The predicted molar refractivity (Wildman–Crippen MR) is 123 cm³/mol. The molecule has 0 radical (unpaired) electrons. The van der Waals surface area contributed by atoms with Crippen molar-refractivity contribution in [2.75, 3.05) is 0 Å². The minimum atomic E-state index is -0.636. The molecule has 2 N–H and O–H groups in total. The first-order chi connectivity index (χ1) is 16.4. The first-order valence-corrected chi connectivity index (χ1v) is 11.3. The summed E-state index contributed by atoms with van der Waals surface area (Å²) in [7, 11) is 1.79. The number of aliphatic hydroxyl groups excluding tert-OH is 1. The first kappa shape index (κ1) is 22.2. The van der Waals surface area contributed by atoms with E-state index in [0.29, 0.717) is 29.5 Å². The molecule has 0 saturated heterocycles. The Hall–Kier alpha value is -3.59. The van der Waals surface area contributed by atoms with Gasteiger partial charge in [0.15, 0.2) is 5.69 Å². The quantitative estimate of drug-likeness (QED) is 0.470. The number of benzene rings is 2. The van der Waals surface area contributed by atoms with E-state index in [0.717, 1.165) is 18.4 Å². The maximum Gasteiger partial charge on any atom is 0.272 e. The molecule has 2 aromatic heterocycles. The normalized spacial score (nSPS) is 18.4. The van der Waals surface area contributed by atoms with Crippen LogP contribution in [0.1, 0.15) is 41.7 Å². The maximum atomic E-state index is 15.0. The van der Waals surface area contributed by atoms with Crippen LogP contribution in [0.2, 0.25) is 0 Å². The van der Waals surface area contributed by atoms with E-state index in [4.69, 9.17) is 0 Å². The van der Waals surface area contributed by atoms with Gasteiger partial charge in [-0.3, -0.25) is 14.2 Å². The number of aryl methyl sites for hydroxylation is 1. The summed E-state index contributed by atoms with van der Waals surface area (Å²) < 4.78 is 32.8. The highest BCUT2D eigenvalue weighted by Gasteiger charge is 2.28. The molecule has 7 nitrogen and oxygen atoms in total. The molecule has 1 amide bonds. The van der Waals surface area contributed by atoms with Gasteiger partial charge in [0.1, 0.15) is 11.6 Å². The summed E-state index contributed by atoms with van der Waals surface area (Å²) in [5, 5.41) is 21.6. The van der Waals surface area contributed by atoms with Crippen molar-refractivity contribution < 1.29 is 18.7 Å². The van der Waals surface area contributed by atoms with Crippen molar-refractivity contribution in [2.24, 2.45) is 7.05 Å². The van der Waals surface area contributed by atoms with E-state index in [1.165, 1.54) is 22.9 Å². The van der Waals surface area contributed by atoms with Crippen LogP contribution in [-0.4, -0.2) is 42.7 Å². The Bertz CT molecular complexity index is 1360. The van der Waals surface area contributed by atoms with Crippen LogP contribution in [0.25, 0.3) is 22.0 Å². The number of aliphatic hydroxyl groups is 1. The largest absolute Gasteiger partial charge is 0.391 e. The van der Waals surface area contributed by atoms with E-state index in [2.05, 4.69) is 15.5 Å². The fourth-order valence-corrected chi connectivity index (χ4v) is 4.57. The standard InChI is InChI=1S/C25H25F2N5O2/c1-31-13-17(12-28-31)15-9-10-16(19(27)11-15)14-32-21-7-4-5-18(26)23(21)24(30-32)25(34)29-20-6-2-3-8-22(20)33/h4-5,7,9-13,20,22,33H,2-3,6,8,14H2,1H3,(H,29,34). The third kappa shape index (κ3) is 4.19. The smallest absolute Gasteiger partial charge is 0.272 e. The lowest BCUT2D eigenvalue weighted by Gasteiger charge is -2.28. The number of hydrogen-bond donors (Lipinski definition) is 2. The van der Waals surface area contributed by atoms with Gasteiger partial charge in [0.05, 0.1) is 35.8 Å². The summed E-state index contributed by atoms with van der Waals surface area (Å²) in [6.07, 6.45) is 5.90. The number of nitrogens with zero attached hydrogens (tertiary/aromatic N) is 4. The summed E-state index contributed by atoms with van der Waals surface area (Å²) in [5.74, 6) is -1.56. The van der Waals surface area contributed by atoms with E-state index in [1.807, 2.05) is 0 Å². The van der Waals surface area contributed by atoms with Gasteiger partial charge in [-0.25, -0.2) is 8.78 Å². The molecule has 5 rings (SSSR count). The Morgan fingerprint density at radius 2 is 1.97 bits per heavy atom. The number of carbonyl (C=O) groups excluding carboxylic acids is 1. The molecule has 2 atom stereocenters. The van der Waals surface area contributed by atoms with Crippen LogP contribution < -0.4 is 5.32 Å². The molecule has 0 bridgehead atoms. The fourth-order valence-electron chi connectivity index (χ4n) is 4.57. The molecule has 34 heavy (non-hydrogen) atoms. The van der Waals surface area contributed by atoms with Crippen LogP contribution in [0.3, 0.4) is 0 Å². The molecule has 2 unspecified atom stereocenters. The molecule has 1 aliphatic rings.